The zero-order valence-electron chi connectivity index (χ0n) is 19.2. The second-order valence-corrected chi connectivity index (χ2v) is 10.3. The molecule has 3 rings (SSSR count). The van der Waals surface area contributed by atoms with Gasteiger partial charge in [0.15, 0.2) is 0 Å². The van der Waals surface area contributed by atoms with Crippen LogP contribution in [0.5, 0.6) is 0 Å². The Bertz CT molecular complexity index is 769. The van der Waals surface area contributed by atoms with Crippen LogP contribution in [0.15, 0.2) is 24.3 Å². The molecule has 0 spiro atoms. The van der Waals surface area contributed by atoms with Crippen molar-refractivity contribution in [3.05, 3.63) is 34.9 Å². The van der Waals surface area contributed by atoms with E-state index in [-0.39, 0.29) is 17.9 Å². The predicted molar refractivity (Wildman–Crippen MR) is 121 cm³/mol. The van der Waals surface area contributed by atoms with E-state index in [4.69, 9.17) is 21.1 Å². The lowest BCUT2D eigenvalue weighted by Gasteiger charge is -2.43. The smallest absolute Gasteiger partial charge is 0.410 e. The molecule has 2 fully saturated rings. The van der Waals surface area contributed by atoms with E-state index >= 15 is 0 Å². The topological polar surface area (TPSA) is 59.1 Å². The monoisotopic (exact) mass is 450 g/mol. The standard InChI is InChI=1S/C24H35ClN2O4/c1-23(2,3)31-22(29)26(4)16-18-6-5-13-27(17-18)21(28)24(11-14-30-15-12-24)19-7-9-20(25)10-8-19/h7-10,18H,5-6,11-17H2,1-4H3. The summed E-state index contributed by atoms with van der Waals surface area (Å²) in [6.07, 6.45) is 2.96. The fourth-order valence-corrected chi connectivity index (χ4v) is 4.74. The van der Waals surface area contributed by atoms with E-state index in [1.807, 2.05) is 49.9 Å². The van der Waals surface area contributed by atoms with E-state index in [1.165, 1.54) is 0 Å². The van der Waals surface area contributed by atoms with Gasteiger partial charge in [-0.3, -0.25) is 4.79 Å². The molecule has 1 atom stereocenters. The average molecular weight is 451 g/mol. The van der Waals surface area contributed by atoms with Crippen LogP contribution in [0.3, 0.4) is 0 Å². The molecule has 1 unspecified atom stereocenters. The van der Waals surface area contributed by atoms with Gasteiger partial charge >= 0.3 is 6.09 Å². The third kappa shape index (κ3) is 5.92. The Hall–Kier alpha value is -1.79. The average Bonchev–Trinajstić information content (AvgIpc) is 2.73. The summed E-state index contributed by atoms with van der Waals surface area (Å²) in [6.45, 7) is 8.73. The Labute approximate surface area is 190 Å². The molecule has 2 amide bonds. The summed E-state index contributed by atoms with van der Waals surface area (Å²) in [6, 6.07) is 7.67. The maximum Gasteiger partial charge on any atom is 0.410 e. The van der Waals surface area contributed by atoms with Crippen LogP contribution in [-0.2, 0) is 19.7 Å². The molecule has 31 heavy (non-hydrogen) atoms. The van der Waals surface area contributed by atoms with Crippen molar-refractivity contribution in [2.75, 3.05) is 39.9 Å². The van der Waals surface area contributed by atoms with Crippen molar-refractivity contribution in [1.82, 2.24) is 9.80 Å². The summed E-state index contributed by atoms with van der Waals surface area (Å²) in [5.74, 6) is 0.403. The Morgan fingerprint density at radius 1 is 1.23 bits per heavy atom. The molecule has 6 nitrogen and oxygen atoms in total. The summed E-state index contributed by atoms with van der Waals surface area (Å²) >= 11 is 6.09. The minimum absolute atomic E-state index is 0.169. The first-order valence-electron chi connectivity index (χ1n) is 11.2. The quantitative estimate of drug-likeness (QED) is 0.677. The number of hydrogen-bond donors (Lipinski definition) is 0. The van der Waals surface area contributed by atoms with Gasteiger partial charge in [0.1, 0.15) is 5.60 Å². The largest absolute Gasteiger partial charge is 0.444 e. The minimum Gasteiger partial charge on any atom is -0.444 e. The zero-order chi connectivity index (χ0) is 22.6. The predicted octanol–water partition coefficient (Wildman–Crippen LogP) is 4.49. The summed E-state index contributed by atoms with van der Waals surface area (Å²) in [7, 11) is 1.77. The number of ether oxygens (including phenoxy) is 2. The second kappa shape index (κ2) is 9.78. The van der Waals surface area contributed by atoms with Crippen molar-refractivity contribution in [1.29, 1.82) is 0 Å². The van der Waals surface area contributed by atoms with Gasteiger partial charge in [-0.05, 0) is 70.1 Å². The van der Waals surface area contributed by atoms with Gasteiger partial charge in [0.25, 0.3) is 0 Å². The molecule has 1 aromatic carbocycles. The van der Waals surface area contributed by atoms with Crippen LogP contribution in [0, 0.1) is 5.92 Å². The van der Waals surface area contributed by atoms with Gasteiger partial charge in [-0.1, -0.05) is 23.7 Å². The molecule has 0 aliphatic carbocycles. The highest BCUT2D eigenvalue weighted by Crippen LogP contribution is 2.38. The van der Waals surface area contributed by atoms with Crippen LogP contribution in [0.1, 0.15) is 52.0 Å². The highest BCUT2D eigenvalue weighted by Gasteiger charge is 2.45. The molecule has 0 aromatic heterocycles. The SMILES string of the molecule is CN(CC1CCCN(C(=O)C2(c3ccc(Cl)cc3)CCOCC2)C1)C(=O)OC(C)(C)C. The number of nitrogens with zero attached hydrogens (tertiary/aromatic N) is 2. The molecule has 0 radical (unpaired) electrons. The second-order valence-electron chi connectivity index (χ2n) is 9.82. The molecule has 172 valence electrons. The number of hydrogen-bond acceptors (Lipinski definition) is 4. The summed E-state index contributed by atoms with van der Waals surface area (Å²) < 4.78 is 11.1. The number of piperidine rings is 1. The maximum absolute atomic E-state index is 13.8. The molecule has 2 aliphatic heterocycles. The lowest BCUT2D eigenvalue weighted by molar-refractivity contribution is -0.143. The molecule has 2 saturated heterocycles. The van der Waals surface area contributed by atoms with Crippen LogP contribution >= 0.6 is 11.6 Å². The minimum atomic E-state index is -0.568. The number of carbonyl (C=O) groups excluding carboxylic acids is 2. The van der Waals surface area contributed by atoms with Crippen LogP contribution < -0.4 is 0 Å². The van der Waals surface area contributed by atoms with Crippen molar-refractivity contribution < 1.29 is 19.1 Å². The fraction of sp³-hybridized carbons (Fsp3) is 0.667. The molecule has 2 aliphatic rings. The van der Waals surface area contributed by atoms with Crippen molar-refractivity contribution >= 4 is 23.6 Å². The van der Waals surface area contributed by atoms with Crippen molar-refractivity contribution in [3.8, 4) is 0 Å². The number of likely N-dealkylation sites (tertiary alicyclic amines) is 1. The Kier molecular flexibility index (Phi) is 7.53. The Morgan fingerprint density at radius 2 is 1.87 bits per heavy atom. The van der Waals surface area contributed by atoms with E-state index in [2.05, 4.69) is 0 Å². The van der Waals surface area contributed by atoms with Crippen LogP contribution in [0.4, 0.5) is 4.79 Å². The third-order valence-corrected chi connectivity index (χ3v) is 6.45. The van der Waals surface area contributed by atoms with Crippen molar-refractivity contribution in [3.63, 3.8) is 0 Å². The summed E-state index contributed by atoms with van der Waals surface area (Å²) in [5.41, 5.74) is -0.0754. The van der Waals surface area contributed by atoms with E-state index < -0.39 is 11.0 Å². The first kappa shape index (κ1) is 23.9. The molecule has 0 bridgehead atoms. The number of rotatable bonds is 4. The van der Waals surface area contributed by atoms with E-state index in [9.17, 15) is 9.59 Å². The molecular weight excluding hydrogens is 416 g/mol. The third-order valence-electron chi connectivity index (χ3n) is 6.20. The van der Waals surface area contributed by atoms with Gasteiger partial charge < -0.3 is 19.3 Å². The van der Waals surface area contributed by atoms with E-state index in [0.29, 0.717) is 44.2 Å². The van der Waals surface area contributed by atoms with Gasteiger partial charge in [-0.15, -0.1) is 0 Å². The normalized spacial score (nSPS) is 21.5. The molecular formula is C24H35ClN2O4. The van der Waals surface area contributed by atoms with Crippen molar-refractivity contribution in [2.24, 2.45) is 5.92 Å². The number of carbonyl (C=O) groups is 2. The van der Waals surface area contributed by atoms with Crippen LogP contribution in [0.25, 0.3) is 0 Å². The molecule has 2 heterocycles. The first-order valence-corrected chi connectivity index (χ1v) is 11.6. The van der Waals surface area contributed by atoms with Gasteiger partial charge in [0, 0.05) is 44.9 Å². The molecule has 0 N–H and O–H groups in total. The van der Waals surface area contributed by atoms with E-state index in [0.717, 1.165) is 24.9 Å². The number of halogens is 1. The highest BCUT2D eigenvalue weighted by molar-refractivity contribution is 6.30. The van der Waals surface area contributed by atoms with Crippen molar-refractivity contribution in [2.45, 2.75) is 57.5 Å². The number of amides is 2. The van der Waals surface area contributed by atoms with Gasteiger partial charge in [0.05, 0.1) is 5.41 Å². The van der Waals surface area contributed by atoms with Gasteiger partial charge in [-0.2, -0.15) is 0 Å². The van der Waals surface area contributed by atoms with Crippen LogP contribution in [0.2, 0.25) is 5.02 Å². The van der Waals surface area contributed by atoms with Gasteiger partial charge in [-0.25, -0.2) is 4.79 Å². The van der Waals surface area contributed by atoms with Gasteiger partial charge in [0.2, 0.25) is 5.91 Å². The maximum atomic E-state index is 13.8. The lowest BCUT2D eigenvalue weighted by atomic mass is 9.72. The number of benzene rings is 1. The first-order chi connectivity index (χ1) is 14.6. The highest BCUT2D eigenvalue weighted by atomic mass is 35.5. The Morgan fingerprint density at radius 3 is 2.48 bits per heavy atom. The summed E-state index contributed by atoms with van der Waals surface area (Å²) in [4.78, 5) is 29.8. The zero-order valence-corrected chi connectivity index (χ0v) is 19.9. The molecule has 7 heteroatoms. The summed E-state index contributed by atoms with van der Waals surface area (Å²) in [5, 5.41) is 0.668. The molecule has 0 saturated carbocycles. The van der Waals surface area contributed by atoms with E-state index in [1.54, 1.807) is 11.9 Å². The van der Waals surface area contributed by atoms with Crippen LogP contribution in [-0.4, -0.2) is 67.3 Å². The Balaban J connectivity index is 1.71. The fourth-order valence-electron chi connectivity index (χ4n) is 4.62. The lowest BCUT2D eigenvalue weighted by Crippen LogP contribution is -2.53. The molecule has 1 aromatic rings.